The van der Waals surface area contributed by atoms with E-state index < -0.39 is 5.60 Å². The minimum absolute atomic E-state index is 0.275. The van der Waals surface area contributed by atoms with Crippen LogP contribution in [0.2, 0.25) is 0 Å². The summed E-state index contributed by atoms with van der Waals surface area (Å²) < 4.78 is 10.7. The molecule has 25 heavy (non-hydrogen) atoms. The van der Waals surface area contributed by atoms with Crippen molar-refractivity contribution in [2.75, 3.05) is 20.2 Å². The van der Waals surface area contributed by atoms with Gasteiger partial charge in [-0.3, -0.25) is 0 Å². The van der Waals surface area contributed by atoms with E-state index >= 15 is 0 Å². The Labute approximate surface area is 148 Å². The highest BCUT2D eigenvalue weighted by Crippen LogP contribution is 2.21. The number of guanidine groups is 1. The maximum absolute atomic E-state index is 10.5. The number of nitrogens with zero attached hydrogens (tertiary/aromatic N) is 1. The minimum atomic E-state index is -1.12. The van der Waals surface area contributed by atoms with E-state index in [1.807, 2.05) is 32.0 Å². The zero-order chi connectivity index (χ0) is 18.3. The van der Waals surface area contributed by atoms with Crippen LogP contribution in [0.1, 0.15) is 30.7 Å². The molecule has 1 atom stereocenters. The van der Waals surface area contributed by atoms with Crippen LogP contribution in [-0.4, -0.2) is 31.3 Å². The van der Waals surface area contributed by atoms with Gasteiger partial charge in [-0.15, -0.1) is 0 Å². The molecule has 1 heterocycles. The maximum atomic E-state index is 10.5. The van der Waals surface area contributed by atoms with Crippen molar-refractivity contribution >= 4 is 5.96 Å². The number of benzene rings is 1. The fraction of sp³-hybridized carbons (Fsp3) is 0.421. The van der Waals surface area contributed by atoms with Crippen molar-refractivity contribution in [2.45, 2.75) is 32.9 Å². The number of nitrogens with one attached hydrogen (secondary N) is 2. The van der Waals surface area contributed by atoms with Gasteiger partial charge in [0.1, 0.15) is 17.1 Å². The average Bonchev–Trinajstić information content (AvgIpc) is 3.13. The lowest BCUT2D eigenvalue weighted by Crippen LogP contribution is -2.44. The highest BCUT2D eigenvalue weighted by molar-refractivity contribution is 5.79. The van der Waals surface area contributed by atoms with E-state index in [2.05, 4.69) is 15.6 Å². The first-order chi connectivity index (χ1) is 12.0. The quantitative estimate of drug-likeness (QED) is 0.531. The molecule has 2 rings (SSSR count). The molecule has 0 radical (unpaired) electrons. The van der Waals surface area contributed by atoms with Crippen LogP contribution in [0, 0.1) is 6.92 Å². The zero-order valence-corrected chi connectivity index (χ0v) is 15.3. The number of aliphatic imine (C=N–C) groups is 1. The number of methoxy groups -OCH3 is 1. The molecule has 6 nitrogen and oxygen atoms in total. The van der Waals surface area contributed by atoms with Crippen molar-refractivity contribution in [1.82, 2.24) is 10.6 Å². The summed E-state index contributed by atoms with van der Waals surface area (Å²) >= 11 is 0. The van der Waals surface area contributed by atoms with Crippen LogP contribution >= 0.6 is 0 Å². The van der Waals surface area contributed by atoms with Gasteiger partial charge in [0.25, 0.3) is 0 Å². The monoisotopic (exact) mass is 345 g/mol. The van der Waals surface area contributed by atoms with E-state index in [1.54, 1.807) is 32.4 Å². The van der Waals surface area contributed by atoms with Crippen molar-refractivity contribution in [2.24, 2.45) is 4.99 Å². The van der Waals surface area contributed by atoms with E-state index in [4.69, 9.17) is 9.15 Å². The summed E-state index contributed by atoms with van der Waals surface area (Å²) in [4.78, 5) is 4.58. The number of hydrogen-bond donors (Lipinski definition) is 3. The topological polar surface area (TPSA) is 79.0 Å². The number of furan rings is 1. The molecular weight excluding hydrogens is 318 g/mol. The molecule has 0 spiro atoms. The van der Waals surface area contributed by atoms with Crippen molar-refractivity contribution in [3.05, 3.63) is 53.5 Å². The number of aliphatic hydroxyl groups is 1. The Bertz CT molecular complexity index is 694. The summed E-state index contributed by atoms with van der Waals surface area (Å²) in [6, 6.07) is 9.55. The molecular formula is C19H27N3O3. The number of rotatable bonds is 7. The van der Waals surface area contributed by atoms with E-state index in [-0.39, 0.29) is 6.54 Å². The van der Waals surface area contributed by atoms with Gasteiger partial charge in [-0.1, -0.05) is 12.1 Å². The Hall–Kier alpha value is -2.47. The predicted molar refractivity (Wildman–Crippen MR) is 98.8 cm³/mol. The van der Waals surface area contributed by atoms with Crippen molar-refractivity contribution in [3.8, 4) is 5.75 Å². The molecule has 0 amide bonds. The zero-order valence-electron chi connectivity index (χ0n) is 15.3. The molecule has 1 unspecified atom stereocenters. The van der Waals surface area contributed by atoms with Crippen LogP contribution in [0.3, 0.4) is 0 Å². The van der Waals surface area contributed by atoms with Gasteiger partial charge >= 0.3 is 0 Å². The van der Waals surface area contributed by atoms with Gasteiger partial charge in [-0.2, -0.15) is 0 Å². The fourth-order valence-corrected chi connectivity index (χ4v) is 2.42. The van der Waals surface area contributed by atoms with Gasteiger partial charge in [0.15, 0.2) is 5.96 Å². The molecule has 136 valence electrons. The van der Waals surface area contributed by atoms with Crippen molar-refractivity contribution in [3.63, 3.8) is 0 Å². The molecule has 0 bridgehead atoms. The predicted octanol–water partition coefficient (Wildman–Crippen LogP) is 2.56. The first-order valence-electron chi connectivity index (χ1n) is 8.38. The SMILES string of the molecule is CCNC(=NCc1ccc(C)cc1OC)NCC(C)(O)c1ccco1. The van der Waals surface area contributed by atoms with Gasteiger partial charge in [-0.05, 0) is 44.5 Å². The maximum Gasteiger partial charge on any atom is 0.191 e. The van der Waals surface area contributed by atoms with Crippen molar-refractivity contribution in [1.29, 1.82) is 0 Å². The molecule has 0 saturated heterocycles. The van der Waals surface area contributed by atoms with Gasteiger partial charge in [-0.25, -0.2) is 4.99 Å². The van der Waals surface area contributed by atoms with E-state index in [1.165, 1.54) is 0 Å². The third-order valence-corrected chi connectivity index (χ3v) is 3.85. The molecule has 0 aliphatic carbocycles. The molecule has 0 saturated carbocycles. The molecule has 0 aliphatic rings. The lowest BCUT2D eigenvalue weighted by atomic mass is 10.0. The number of hydrogen-bond acceptors (Lipinski definition) is 4. The number of aryl methyl sites for hydroxylation is 1. The first-order valence-corrected chi connectivity index (χ1v) is 8.38. The smallest absolute Gasteiger partial charge is 0.191 e. The molecule has 1 aromatic heterocycles. The summed E-state index contributed by atoms with van der Waals surface area (Å²) in [6.07, 6.45) is 1.55. The Kier molecular flexibility index (Phi) is 6.47. The summed E-state index contributed by atoms with van der Waals surface area (Å²) in [5.74, 6) is 1.95. The highest BCUT2D eigenvalue weighted by Gasteiger charge is 2.26. The van der Waals surface area contributed by atoms with Crippen LogP contribution < -0.4 is 15.4 Å². The Balaban J connectivity index is 2.06. The summed E-state index contributed by atoms with van der Waals surface area (Å²) in [7, 11) is 1.66. The van der Waals surface area contributed by atoms with E-state index in [9.17, 15) is 5.11 Å². The standard InChI is InChI=1S/C19H27N3O3/c1-5-20-18(22-13-19(3,23)17-7-6-10-25-17)21-12-15-9-8-14(2)11-16(15)24-4/h6-11,23H,5,12-13H2,1-4H3,(H2,20,21,22). The molecule has 1 aromatic carbocycles. The summed E-state index contributed by atoms with van der Waals surface area (Å²) in [5, 5.41) is 16.9. The van der Waals surface area contributed by atoms with Gasteiger partial charge < -0.3 is 24.9 Å². The lowest BCUT2D eigenvalue weighted by molar-refractivity contribution is 0.0386. The normalized spacial score (nSPS) is 14.0. The molecule has 6 heteroatoms. The van der Waals surface area contributed by atoms with Gasteiger partial charge in [0.05, 0.1) is 26.5 Å². The van der Waals surface area contributed by atoms with Crippen molar-refractivity contribution < 1.29 is 14.3 Å². The average molecular weight is 345 g/mol. The van der Waals surface area contributed by atoms with Crippen LogP contribution in [0.4, 0.5) is 0 Å². The Morgan fingerprint density at radius 3 is 2.76 bits per heavy atom. The molecule has 3 N–H and O–H groups in total. The molecule has 0 aliphatic heterocycles. The molecule has 0 fully saturated rings. The van der Waals surface area contributed by atoms with Gasteiger partial charge in [0.2, 0.25) is 0 Å². The largest absolute Gasteiger partial charge is 0.496 e. The van der Waals surface area contributed by atoms with Crippen LogP contribution in [0.25, 0.3) is 0 Å². The lowest BCUT2D eigenvalue weighted by Gasteiger charge is -2.22. The van der Waals surface area contributed by atoms with E-state index in [0.717, 1.165) is 23.4 Å². The first kappa shape index (κ1) is 18.9. The Morgan fingerprint density at radius 1 is 1.32 bits per heavy atom. The Morgan fingerprint density at radius 2 is 2.12 bits per heavy atom. The van der Waals surface area contributed by atoms with Crippen LogP contribution in [0.15, 0.2) is 46.0 Å². The summed E-state index contributed by atoms with van der Waals surface area (Å²) in [5.41, 5.74) is 1.02. The fourth-order valence-electron chi connectivity index (χ4n) is 2.42. The van der Waals surface area contributed by atoms with Crippen LogP contribution in [-0.2, 0) is 12.1 Å². The summed E-state index contributed by atoms with van der Waals surface area (Å²) in [6.45, 7) is 7.19. The second-order valence-electron chi connectivity index (χ2n) is 6.12. The van der Waals surface area contributed by atoms with Crippen LogP contribution in [0.5, 0.6) is 5.75 Å². The van der Waals surface area contributed by atoms with Gasteiger partial charge in [0, 0.05) is 12.1 Å². The third kappa shape index (κ3) is 5.26. The minimum Gasteiger partial charge on any atom is -0.496 e. The highest BCUT2D eigenvalue weighted by atomic mass is 16.5. The van der Waals surface area contributed by atoms with E-state index in [0.29, 0.717) is 18.3 Å². The second-order valence-corrected chi connectivity index (χ2v) is 6.12. The third-order valence-electron chi connectivity index (χ3n) is 3.85. The second kappa shape index (κ2) is 8.58. The number of ether oxygens (including phenoxy) is 1. The molecule has 2 aromatic rings.